The first kappa shape index (κ1) is 23.5. The highest BCUT2D eigenvalue weighted by Gasteiger charge is 2.33. The molecule has 0 amide bonds. The number of benzene rings is 2. The minimum absolute atomic E-state index is 0.227. The van der Waals surface area contributed by atoms with Crippen LogP contribution < -0.4 is 4.74 Å². The van der Waals surface area contributed by atoms with Gasteiger partial charge in [0.05, 0.1) is 41.5 Å². The normalized spacial score (nSPS) is 16.4. The van der Waals surface area contributed by atoms with Gasteiger partial charge in [-0.2, -0.15) is 10.2 Å². The number of fused-ring (bicyclic) bond motifs is 1. The van der Waals surface area contributed by atoms with Crippen LogP contribution in [0.1, 0.15) is 38.8 Å². The molecule has 4 aromatic rings. The summed E-state index contributed by atoms with van der Waals surface area (Å²) in [7, 11) is 3.40. The molecule has 184 valence electrons. The number of aryl methyl sites for hydroxylation is 1. The van der Waals surface area contributed by atoms with Gasteiger partial charge in [-0.25, -0.2) is 4.68 Å². The van der Waals surface area contributed by atoms with E-state index in [-0.39, 0.29) is 6.61 Å². The number of rotatable bonds is 10. The highest BCUT2D eigenvalue weighted by molar-refractivity contribution is 5.87. The lowest BCUT2D eigenvalue weighted by molar-refractivity contribution is -0.220. The second-order valence-corrected chi connectivity index (χ2v) is 9.30. The van der Waals surface area contributed by atoms with Gasteiger partial charge in [0.2, 0.25) is 0 Å². The quantitative estimate of drug-likeness (QED) is 0.336. The maximum absolute atomic E-state index is 10.3. The Hall–Kier alpha value is -3.20. The topological polar surface area (TPSA) is 83.6 Å². The summed E-state index contributed by atoms with van der Waals surface area (Å²) in [6.07, 6.45) is 3.94. The third-order valence-corrected chi connectivity index (χ3v) is 6.68. The molecule has 1 unspecified atom stereocenters. The van der Waals surface area contributed by atoms with E-state index in [4.69, 9.17) is 19.3 Å². The molecule has 8 heteroatoms. The van der Waals surface area contributed by atoms with Crippen molar-refractivity contribution in [2.24, 2.45) is 7.05 Å². The molecule has 1 saturated carbocycles. The number of hydrogen-bond acceptors (Lipinski definition) is 6. The van der Waals surface area contributed by atoms with Gasteiger partial charge in [-0.1, -0.05) is 31.2 Å². The first-order valence-corrected chi connectivity index (χ1v) is 12.0. The van der Waals surface area contributed by atoms with E-state index in [2.05, 4.69) is 17.2 Å². The van der Waals surface area contributed by atoms with Gasteiger partial charge >= 0.3 is 0 Å². The Kier molecular flexibility index (Phi) is 6.35. The number of methoxy groups -OCH3 is 1. The molecule has 0 aliphatic heterocycles. The summed E-state index contributed by atoms with van der Waals surface area (Å²) in [6.45, 7) is 4.03. The minimum Gasteiger partial charge on any atom is -0.490 e. The molecule has 2 aromatic carbocycles. The fraction of sp³-hybridized carbons (Fsp3) is 0.407. The molecule has 2 atom stereocenters. The predicted octanol–water partition coefficient (Wildman–Crippen LogP) is 4.62. The van der Waals surface area contributed by atoms with E-state index in [0.717, 1.165) is 52.1 Å². The van der Waals surface area contributed by atoms with Gasteiger partial charge in [-0.05, 0) is 50.5 Å². The SMILES string of the molecule is CC[C@@](C)(OCc1cc(-c2cccc(OC3CC3)c2)n(-c2cccc3cnn(C)c23)n1)C(O)OC. The van der Waals surface area contributed by atoms with Crippen LogP contribution in [0, 0.1) is 0 Å². The first-order valence-electron chi connectivity index (χ1n) is 12.0. The first-order chi connectivity index (χ1) is 16.9. The van der Waals surface area contributed by atoms with Gasteiger partial charge in [0.25, 0.3) is 0 Å². The van der Waals surface area contributed by atoms with Crippen molar-refractivity contribution in [3.8, 4) is 22.7 Å². The van der Waals surface area contributed by atoms with E-state index in [9.17, 15) is 5.11 Å². The van der Waals surface area contributed by atoms with E-state index >= 15 is 0 Å². The number of ether oxygens (including phenoxy) is 3. The number of aliphatic hydroxyl groups excluding tert-OH is 1. The molecular formula is C27H32N4O4. The lowest BCUT2D eigenvalue weighted by Gasteiger charge is -2.32. The van der Waals surface area contributed by atoms with Crippen LogP contribution in [0.4, 0.5) is 0 Å². The number of aromatic nitrogens is 4. The molecule has 1 aliphatic rings. The standard InChI is InChI=1S/C27H32N4O4/c1-5-27(2,26(32)33-4)34-17-20-15-24(18-8-6-10-22(14-18)35-21-12-13-21)31(29-20)23-11-7-9-19-16-28-30(3)25(19)23/h6-11,14-16,21,26,32H,5,12-13,17H2,1-4H3/t26?,27-/m1/s1. The molecule has 2 heterocycles. The van der Waals surface area contributed by atoms with E-state index in [0.29, 0.717) is 12.5 Å². The highest BCUT2D eigenvalue weighted by atomic mass is 16.6. The van der Waals surface area contributed by atoms with Crippen molar-refractivity contribution in [3.05, 3.63) is 60.4 Å². The highest BCUT2D eigenvalue weighted by Crippen LogP contribution is 2.33. The third kappa shape index (κ3) is 4.69. The summed E-state index contributed by atoms with van der Waals surface area (Å²) in [4.78, 5) is 0. The third-order valence-electron chi connectivity index (χ3n) is 6.68. The lowest BCUT2D eigenvalue weighted by atomic mass is 10.0. The van der Waals surface area contributed by atoms with Crippen molar-refractivity contribution < 1.29 is 19.3 Å². The molecule has 0 saturated heterocycles. The van der Waals surface area contributed by atoms with Crippen molar-refractivity contribution in [2.45, 2.75) is 57.7 Å². The van der Waals surface area contributed by atoms with Crippen LogP contribution in [0.2, 0.25) is 0 Å². The van der Waals surface area contributed by atoms with E-state index in [1.807, 2.05) is 72.9 Å². The molecule has 1 N–H and O–H groups in total. The average Bonchev–Trinajstić information content (AvgIpc) is 3.46. The molecule has 35 heavy (non-hydrogen) atoms. The average molecular weight is 477 g/mol. The van der Waals surface area contributed by atoms with Crippen molar-refractivity contribution in [3.63, 3.8) is 0 Å². The largest absolute Gasteiger partial charge is 0.490 e. The van der Waals surface area contributed by atoms with E-state index < -0.39 is 11.9 Å². The number of hydrogen-bond donors (Lipinski definition) is 1. The second kappa shape index (κ2) is 9.45. The van der Waals surface area contributed by atoms with Crippen LogP contribution in [0.3, 0.4) is 0 Å². The number of nitrogens with zero attached hydrogens (tertiary/aromatic N) is 4. The molecule has 1 aliphatic carbocycles. The van der Waals surface area contributed by atoms with Gasteiger partial charge in [-0.3, -0.25) is 4.68 Å². The molecular weight excluding hydrogens is 444 g/mol. The van der Waals surface area contributed by atoms with Crippen LogP contribution >= 0.6 is 0 Å². The summed E-state index contributed by atoms with van der Waals surface area (Å²) >= 11 is 0. The minimum atomic E-state index is -1.03. The van der Waals surface area contributed by atoms with Gasteiger partial charge in [0.15, 0.2) is 6.29 Å². The van der Waals surface area contributed by atoms with Crippen LogP contribution in [-0.2, 0) is 23.1 Å². The summed E-state index contributed by atoms with van der Waals surface area (Å²) in [5, 5.41) is 20.7. The Bertz CT molecular complexity index is 1330. The van der Waals surface area contributed by atoms with Gasteiger partial charge in [-0.15, -0.1) is 0 Å². The molecule has 8 nitrogen and oxygen atoms in total. The van der Waals surface area contributed by atoms with E-state index in [1.165, 1.54) is 7.11 Å². The summed E-state index contributed by atoms with van der Waals surface area (Å²) in [6, 6.07) is 16.2. The maximum Gasteiger partial charge on any atom is 0.183 e. The van der Waals surface area contributed by atoms with Gasteiger partial charge < -0.3 is 19.3 Å². The smallest absolute Gasteiger partial charge is 0.183 e. The Morgan fingerprint density at radius 3 is 2.71 bits per heavy atom. The van der Waals surface area contributed by atoms with Crippen molar-refractivity contribution >= 4 is 10.9 Å². The molecule has 1 fully saturated rings. The monoisotopic (exact) mass is 476 g/mol. The molecule has 0 bridgehead atoms. The fourth-order valence-electron chi connectivity index (χ4n) is 4.22. The van der Waals surface area contributed by atoms with Gasteiger partial charge in [0, 0.05) is 25.1 Å². The fourth-order valence-corrected chi connectivity index (χ4v) is 4.22. The lowest BCUT2D eigenvalue weighted by Crippen LogP contribution is -2.42. The molecule has 0 spiro atoms. The molecule has 5 rings (SSSR count). The summed E-state index contributed by atoms with van der Waals surface area (Å²) < 4.78 is 21.1. The van der Waals surface area contributed by atoms with Crippen LogP contribution in [0.15, 0.2) is 54.7 Å². The predicted molar refractivity (Wildman–Crippen MR) is 133 cm³/mol. The van der Waals surface area contributed by atoms with Crippen molar-refractivity contribution in [1.82, 2.24) is 19.6 Å². The Labute approximate surface area is 205 Å². The number of aliphatic hydroxyl groups is 1. The zero-order valence-corrected chi connectivity index (χ0v) is 20.6. The molecule has 2 aromatic heterocycles. The number of para-hydroxylation sites is 1. The maximum atomic E-state index is 10.3. The Balaban J connectivity index is 1.57. The second-order valence-electron chi connectivity index (χ2n) is 9.30. The van der Waals surface area contributed by atoms with Crippen molar-refractivity contribution in [1.29, 1.82) is 0 Å². The van der Waals surface area contributed by atoms with Crippen LogP contribution in [0.25, 0.3) is 27.8 Å². The van der Waals surface area contributed by atoms with Crippen molar-refractivity contribution in [2.75, 3.05) is 7.11 Å². The molecule has 0 radical (unpaired) electrons. The summed E-state index contributed by atoms with van der Waals surface area (Å²) in [5.74, 6) is 0.857. The summed E-state index contributed by atoms with van der Waals surface area (Å²) in [5.41, 5.74) is 3.73. The van der Waals surface area contributed by atoms with Gasteiger partial charge in [0.1, 0.15) is 11.4 Å². The van der Waals surface area contributed by atoms with E-state index in [1.54, 1.807) is 0 Å². The van der Waals surface area contributed by atoms with Crippen LogP contribution in [0.5, 0.6) is 5.75 Å². The Morgan fingerprint density at radius 1 is 1.17 bits per heavy atom. The zero-order chi connectivity index (χ0) is 24.6. The Morgan fingerprint density at radius 2 is 1.97 bits per heavy atom. The van der Waals surface area contributed by atoms with Crippen LogP contribution in [-0.4, -0.2) is 49.8 Å². The zero-order valence-electron chi connectivity index (χ0n) is 20.6.